The summed E-state index contributed by atoms with van der Waals surface area (Å²) in [7, 11) is 0. The number of carbonyl (C=O) groups is 2. The van der Waals surface area contributed by atoms with Crippen molar-refractivity contribution in [3.63, 3.8) is 0 Å². The third-order valence-electron chi connectivity index (χ3n) is 6.03. The molecule has 0 bridgehead atoms. The summed E-state index contributed by atoms with van der Waals surface area (Å²) in [5, 5.41) is 0. The van der Waals surface area contributed by atoms with E-state index in [0.29, 0.717) is 30.9 Å². The van der Waals surface area contributed by atoms with Crippen molar-refractivity contribution in [3.8, 4) is 17.1 Å². The van der Waals surface area contributed by atoms with E-state index < -0.39 is 24.5 Å². The zero-order valence-corrected chi connectivity index (χ0v) is 22.1. The van der Waals surface area contributed by atoms with Gasteiger partial charge in [-0.1, -0.05) is 64.5 Å². The Morgan fingerprint density at radius 1 is 1.05 bits per heavy atom. The molecule has 0 spiro atoms. The Kier molecular flexibility index (Phi) is 12.7. The highest BCUT2D eigenvalue weighted by Crippen LogP contribution is 2.33. The predicted octanol–water partition coefficient (Wildman–Crippen LogP) is 5.64. The molecule has 1 aliphatic heterocycles. The number of hydrogen-bond acceptors (Lipinski definition) is 9. The lowest BCUT2D eigenvalue weighted by molar-refractivity contribution is -0.186. The summed E-state index contributed by atoms with van der Waals surface area (Å²) in [6, 6.07) is 6.63. The van der Waals surface area contributed by atoms with E-state index in [4.69, 9.17) is 23.7 Å². The molecule has 38 heavy (non-hydrogen) atoms. The van der Waals surface area contributed by atoms with Crippen LogP contribution in [0.4, 0.5) is 0 Å². The van der Waals surface area contributed by atoms with Crippen LogP contribution in [0.2, 0.25) is 0 Å². The number of esters is 2. The average Bonchev–Trinajstić information content (AvgIpc) is 2.95. The molecule has 0 N–H and O–H groups in total. The summed E-state index contributed by atoms with van der Waals surface area (Å²) in [4.78, 5) is 33.8. The van der Waals surface area contributed by atoms with Gasteiger partial charge in [0.15, 0.2) is 5.82 Å². The van der Waals surface area contributed by atoms with Crippen LogP contribution in [0.25, 0.3) is 11.4 Å². The smallest absolute Gasteiger partial charge is 0.341 e. The second kappa shape index (κ2) is 16.5. The summed E-state index contributed by atoms with van der Waals surface area (Å²) in [6.07, 6.45) is 12.2. The molecular weight excluding hydrogens is 488 g/mol. The van der Waals surface area contributed by atoms with Crippen LogP contribution >= 0.6 is 0 Å². The molecule has 0 radical (unpaired) electrons. The van der Waals surface area contributed by atoms with Gasteiger partial charge in [0.05, 0.1) is 24.3 Å². The summed E-state index contributed by atoms with van der Waals surface area (Å²) in [6.45, 7) is 6.63. The maximum atomic E-state index is 13.1. The fourth-order valence-electron chi connectivity index (χ4n) is 4.08. The highest BCUT2D eigenvalue weighted by molar-refractivity contribution is 5.98. The Balaban J connectivity index is 1.76. The minimum atomic E-state index is -0.871. The molecule has 2 heterocycles. The molecule has 0 aliphatic carbocycles. The van der Waals surface area contributed by atoms with Gasteiger partial charge >= 0.3 is 11.9 Å². The van der Waals surface area contributed by atoms with Crippen molar-refractivity contribution in [3.05, 3.63) is 54.9 Å². The zero-order valence-electron chi connectivity index (χ0n) is 22.1. The number of ether oxygens (including phenoxy) is 5. The molecule has 9 nitrogen and oxygen atoms in total. The largest absolute Gasteiger partial charge is 0.454 e. The monoisotopic (exact) mass is 526 g/mol. The summed E-state index contributed by atoms with van der Waals surface area (Å²) < 4.78 is 28.0. The van der Waals surface area contributed by atoms with Crippen LogP contribution in [0.3, 0.4) is 0 Å². The quantitative estimate of drug-likeness (QED) is 0.119. The molecule has 1 aliphatic rings. The predicted molar refractivity (Wildman–Crippen MR) is 141 cm³/mol. The molecule has 1 aromatic carbocycles. The second-order valence-electron chi connectivity index (χ2n) is 8.98. The highest BCUT2D eigenvalue weighted by Gasteiger charge is 2.26. The Bertz CT molecular complexity index is 1010. The van der Waals surface area contributed by atoms with Gasteiger partial charge in [-0.15, -0.1) is 0 Å². The summed E-state index contributed by atoms with van der Waals surface area (Å²) >= 11 is 0. The van der Waals surface area contributed by atoms with Crippen molar-refractivity contribution in [2.24, 2.45) is 0 Å². The highest BCUT2D eigenvalue weighted by atomic mass is 16.7. The molecule has 1 saturated heterocycles. The standard InChI is InChI=1S/C29H38N2O7/c1-3-5-6-7-8-9-10-11-16-25(37-24(32)4-2)36-23-15-12-14-22(27(23)28-30-17-13-18-31-28)29(33)38-26-21-34-19-20-35-26/h4,12-15,17-18,25-26H,2-3,5-11,16,19-21H2,1H3. The number of benzene rings is 1. The van der Waals surface area contributed by atoms with Gasteiger partial charge in [-0.3, -0.25) is 0 Å². The number of nitrogens with zero attached hydrogens (tertiary/aromatic N) is 2. The molecule has 0 saturated carbocycles. The van der Waals surface area contributed by atoms with Crippen molar-refractivity contribution >= 4 is 11.9 Å². The van der Waals surface area contributed by atoms with Crippen LogP contribution in [0, 0.1) is 0 Å². The Labute approximate surface area is 224 Å². The first kappa shape index (κ1) is 29.3. The van der Waals surface area contributed by atoms with Crippen molar-refractivity contribution in [1.29, 1.82) is 0 Å². The van der Waals surface area contributed by atoms with Gasteiger partial charge in [-0.25, -0.2) is 19.6 Å². The van der Waals surface area contributed by atoms with Gasteiger partial charge in [-0.2, -0.15) is 0 Å². The first-order valence-corrected chi connectivity index (χ1v) is 13.4. The van der Waals surface area contributed by atoms with Crippen molar-refractivity contribution in [2.45, 2.75) is 77.3 Å². The maximum Gasteiger partial charge on any atom is 0.341 e. The van der Waals surface area contributed by atoms with Crippen molar-refractivity contribution in [2.75, 3.05) is 19.8 Å². The van der Waals surface area contributed by atoms with E-state index in [1.165, 1.54) is 32.1 Å². The Morgan fingerprint density at radius 3 is 2.47 bits per heavy atom. The molecule has 2 atom stereocenters. The number of aromatic nitrogens is 2. The van der Waals surface area contributed by atoms with E-state index >= 15 is 0 Å². The van der Waals surface area contributed by atoms with Crippen molar-refractivity contribution < 1.29 is 33.3 Å². The number of rotatable bonds is 16. The molecule has 9 heteroatoms. The van der Waals surface area contributed by atoms with Gasteiger partial charge in [0.2, 0.25) is 12.6 Å². The summed E-state index contributed by atoms with van der Waals surface area (Å²) in [5.41, 5.74) is 0.536. The lowest BCUT2D eigenvalue weighted by Crippen LogP contribution is -2.33. The van der Waals surface area contributed by atoms with E-state index in [9.17, 15) is 9.59 Å². The minimum Gasteiger partial charge on any atom is -0.454 e. The molecule has 2 unspecified atom stereocenters. The van der Waals surface area contributed by atoms with Crippen LogP contribution in [0.5, 0.6) is 5.75 Å². The molecule has 0 amide bonds. The van der Waals surface area contributed by atoms with E-state index in [0.717, 1.165) is 25.3 Å². The van der Waals surface area contributed by atoms with Crippen LogP contribution < -0.4 is 4.74 Å². The molecule has 3 rings (SSSR count). The molecule has 1 aromatic heterocycles. The van der Waals surface area contributed by atoms with Gasteiger partial charge in [-0.05, 0) is 24.6 Å². The molecular formula is C29H38N2O7. The Morgan fingerprint density at radius 2 is 1.79 bits per heavy atom. The van der Waals surface area contributed by atoms with Crippen LogP contribution in [0.1, 0.15) is 75.1 Å². The normalized spacial score (nSPS) is 15.9. The van der Waals surface area contributed by atoms with Gasteiger partial charge < -0.3 is 23.7 Å². The lowest BCUT2D eigenvalue weighted by Gasteiger charge is -2.24. The van der Waals surface area contributed by atoms with Gasteiger partial charge in [0.25, 0.3) is 0 Å². The van der Waals surface area contributed by atoms with Crippen molar-refractivity contribution in [1.82, 2.24) is 9.97 Å². The van der Waals surface area contributed by atoms with Crippen LogP contribution in [-0.2, 0) is 23.7 Å². The van der Waals surface area contributed by atoms with Gasteiger partial charge in [0.1, 0.15) is 12.4 Å². The third kappa shape index (κ3) is 9.54. The number of carbonyl (C=O) groups excluding carboxylic acids is 2. The van der Waals surface area contributed by atoms with Crippen LogP contribution in [0.15, 0.2) is 49.3 Å². The third-order valence-corrected chi connectivity index (χ3v) is 6.03. The fraction of sp³-hybridized carbons (Fsp3) is 0.517. The van der Waals surface area contributed by atoms with E-state index in [1.54, 1.807) is 36.7 Å². The van der Waals surface area contributed by atoms with Gasteiger partial charge in [0, 0.05) is 24.9 Å². The fourth-order valence-corrected chi connectivity index (χ4v) is 4.08. The average molecular weight is 527 g/mol. The van der Waals surface area contributed by atoms with E-state index in [2.05, 4.69) is 23.5 Å². The topological polar surface area (TPSA) is 106 Å². The first-order chi connectivity index (χ1) is 18.6. The number of hydrogen-bond donors (Lipinski definition) is 0. The molecule has 1 fully saturated rings. The molecule has 206 valence electrons. The maximum absolute atomic E-state index is 13.1. The molecule has 2 aromatic rings. The SMILES string of the molecule is C=CC(=O)OC(CCCCCCCCCC)Oc1cccc(C(=O)OC2COCCO2)c1-c1ncccn1. The Hall–Kier alpha value is -3.30. The first-order valence-electron chi connectivity index (χ1n) is 13.4. The van der Waals surface area contributed by atoms with Crippen LogP contribution in [-0.4, -0.2) is 54.3 Å². The lowest BCUT2D eigenvalue weighted by atomic mass is 10.1. The van der Waals surface area contributed by atoms with E-state index in [1.807, 2.05) is 0 Å². The summed E-state index contributed by atoms with van der Waals surface area (Å²) in [5.74, 6) is -0.641. The van der Waals surface area contributed by atoms with E-state index in [-0.39, 0.29) is 18.0 Å². The number of unbranched alkanes of at least 4 members (excludes halogenated alkanes) is 7. The second-order valence-corrected chi connectivity index (χ2v) is 8.98. The minimum absolute atomic E-state index is 0.150. The zero-order chi connectivity index (χ0) is 27.0.